The van der Waals surface area contributed by atoms with E-state index in [1.165, 1.54) is 17.7 Å². The number of amides is 1. The molecule has 4 rings (SSSR count). The van der Waals surface area contributed by atoms with Crippen LogP contribution in [0.25, 0.3) is 0 Å². The molecule has 44 heavy (non-hydrogen) atoms. The molecule has 2 aromatic rings. The minimum Gasteiger partial charge on any atom is -0.480 e. The number of nitro groups is 1. The highest BCUT2D eigenvalue weighted by molar-refractivity contribution is 5.73. The summed E-state index contributed by atoms with van der Waals surface area (Å²) in [6.07, 6.45) is 5.39. The van der Waals surface area contributed by atoms with E-state index < -0.39 is 23.0 Å². The van der Waals surface area contributed by atoms with E-state index in [-0.39, 0.29) is 24.4 Å². The van der Waals surface area contributed by atoms with Crippen molar-refractivity contribution >= 4 is 17.7 Å². The average molecular weight is 607 g/mol. The SMILES string of the molecule is C=CCN(C(=O)OCc1ccc([N+](=O)[O-])cc1)C1CCN(CC2CC(NC(CC(C)C)C(=O)O)CC2c2ccccc2)CC1. The van der Waals surface area contributed by atoms with Gasteiger partial charge in [0.05, 0.1) is 4.92 Å². The lowest BCUT2D eigenvalue weighted by Crippen LogP contribution is -2.48. The Morgan fingerprint density at radius 2 is 1.82 bits per heavy atom. The summed E-state index contributed by atoms with van der Waals surface area (Å²) >= 11 is 0. The number of nitrogens with zero attached hydrogens (tertiary/aromatic N) is 3. The van der Waals surface area contributed by atoms with Gasteiger partial charge in [-0.3, -0.25) is 14.9 Å². The second-order valence-electron chi connectivity index (χ2n) is 12.6. The topological polar surface area (TPSA) is 125 Å². The number of rotatable bonds is 14. The highest BCUT2D eigenvalue weighted by atomic mass is 16.6. The maximum atomic E-state index is 13.1. The van der Waals surface area contributed by atoms with Gasteiger partial charge in [0.2, 0.25) is 0 Å². The van der Waals surface area contributed by atoms with Crippen LogP contribution >= 0.6 is 0 Å². The van der Waals surface area contributed by atoms with Crippen molar-refractivity contribution in [2.75, 3.05) is 26.2 Å². The Labute approximate surface area is 260 Å². The second kappa shape index (κ2) is 15.8. The molecule has 10 heteroatoms. The van der Waals surface area contributed by atoms with Crippen LogP contribution in [-0.2, 0) is 16.1 Å². The molecule has 4 atom stereocenters. The number of non-ortho nitro benzene ring substituents is 1. The third-order valence-electron chi connectivity index (χ3n) is 8.92. The number of ether oxygens (including phenoxy) is 1. The van der Waals surface area contributed by atoms with E-state index >= 15 is 0 Å². The maximum Gasteiger partial charge on any atom is 0.410 e. The van der Waals surface area contributed by atoms with Crippen LogP contribution in [0.3, 0.4) is 0 Å². The lowest BCUT2D eigenvalue weighted by molar-refractivity contribution is -0.384. The molecule has 2 aliphatic rings. The van der Waals surface area contributed by atoms with E-state index in [1.807, 2.05) is 6.07 Å². The summed E-state index contributed by atoms with van der Waals surface area (Å²) in [6.45, 7) is 11.0. The summed E-state index contributed by atoms with van der Waals surface area (Å²) in [6, 6.07) is 16.2. The van der Waals surface area contributed by atoms with Crippen LogP contribution in [0.4, 0.5) is 10.5 Å². The largest absolute Gasteiger partial charge is 0.480 e. The molecule has 0 spiro atoms. The minimum atomic E-state index is -0.782. The zero-order valence-corrected chi connectivity index (χ0v) is 25.8. The summed E-state index contributed by atoms with van der Waals surface area (Å²) in [5.74, 6) is 0.269. The zero-order chi connectivity index (χ0) is 31.6. The van der Waals surface area contributed by atoms with E-state index in [0.29, 0.717) is 36.3 Å². The van der Waals surface area contributed by atoms with Crippen molar-refractivity contribution < 1.29 is 24.4 Å². The van der Waals surface area contributed by atoms with Crippen molar-refractivity contribution in [1.29, 1.82) is 0 Å². The van der Waals surface area contributed by atoms with Crippen molar-refractivity contribution in [1.82, 2.24) is 15.1 Å². The molecule has 1 heterocycles. The predicted molar refractivity (Wildman–Crippen MR) is 169 cm³/mol. The predicted octanol–water partition coefficient (Wildman–Crippen LogP) is 5.84. The number of benzene rings is 2. The fraction of sp³-hybridized carbons (Fsp3) is 0.529. The number of carboxylic acids is 1. The Kier molecular flexibility index (Phi) is 11.9. The zero-order valence-electron chi connectivity index (χ0n) is 25.8. The summed E-state index contributed by atoms with van der Waals surface area (Å²) < 4.78 is 5.59. The molecular weight excluding hydrogens is 560 g/mol. The van der Waals surface area contributed by atoms with E-state index in [9.17, 15) is 24.8 Å². The first-order valence-electron chi connectivity index (χ1n) is 15.7. The van der Waals surface area contributed by atoms with Gasteiger partial charge < -0.3 is 25.0 Å². The molecular formula is C34H46N4O6. The molecule has 1 saturated carbocycles. The van der Waals surface area contributed by atoms with Crippen LogP contribution in [-0.4, -0.2) is 76.2 Å². The van der Waals surface area contributed by atoms with Gasteiger partial charge in [0.1, 0.15) is 12.6 Å². The molecule has 1 aliphatic heterocycles. The molecule has 238 valence electrons. The van der Waals surface area contributed by atoms with E-state index in [0.717, 1.165) is 45.3 Å². The third kappa shape index (κ3) is 9.12. The number of nitro benzene ring substituents is 1. The number of likely N-dealkylation sites (tertiary alicyclic amines) is 1. The van der Waals surface area contributed by atoms with E-state index in [4.69, 9.17) is 4.74 Å². The lowest BCUT2D eigenvalue weighted by atomic mass is 9.88. The Hall–Kier alpha value is -3.76. The molecule has 1 amide bonds. The summed E-state index contributed by atoms with van der Waals surface area (Å²) in [5.41, 5.74) is 1.99. The number of hydrogen-bond acceptors (Lipinski definition) is 7. The minimum absolute atomic E-state index is 0.00446. The van der Waals surface area contributed by atoms with Crippen LogP contribution in [0.5, 0.6) is 0 Å². The van der Waals surface area contributed by atoms with Crippen LogP contribution in [0, 0.1) is 22.0 Å². The monoisotopic (exact) mass is 606 g/mol. The molecule has 4 unspecified atom stereocenters. The van der Waals surface area contributed by atoms with Gasteiger partial charge >= 0.3 is 12.1 Å². The summed E-state index contributed by atoms with van der Waals surface area (Å²) in [4.78, 5) is 39.7. The first-order valence-corrected chi connectivity index (χ1v) is 15.7. The standard InChI is InChI=1S/C34H46N4O6/c1-4-16-37(34(41)44-23-25-10-12-30(13-11-25)38(42)43)29-14-17-36(18-15-29)22-27-20-28(35-32(33(39)40)19-24(2)3)21-31(27)26-8-6-5-7-9-26/h4-13,24,27-29,31-32,35H,1,14-23H2,2-3H3,(H,39,40). The molecule has 2 fully saturated rings. The van der Waals surface area contributed by atoms with Gasteiger partial charge in [-0.15, -0.1) is 6.58 Å². The van der Waals surface area contributed by atoms with Crippen LogP contribution in [0.15, 0.2) is 67.3 Å². The smallest absolute Gasteiger partial charge is 0.410 e. The normalized spacial score (nSPS) is 21.6. The molecule has 0 radical (unpaired) electrons. The van der Waals surface area contributed by atoms with Gasteiger partial charge in [0.15, 0.2) is 0 Å². The highest BCUT2D eigenvalue weighted by Gasteiger charge is 2.39. The molecule has 0 bridgehead atoms. The summed E-state index contributed by atoms with van der Waals surface area (Å²) in [5, 5.41) is 24.2. The van der Waals surface area contributed by atoms with Crippen LogP contribution in [0.1, 0.15) is 63.0 Å². The molecule has 1 saturated heterocycles. The van der Waals surface area contributed by atoms with E-state index in [2.05, 4.69) is 54.9 Å². The highest BCUT2D eigenvalue weighted by Crippen LogP contribution is 2.41. The quantitative estimate of drug-likeness (QED) is 0.156. The van der Waals surface area contributed by atoms with Gasteiger partial charge in [0, 0.05) is 50.4 Å². The number of nitrogens with one attached hydrogen (secondary N) is 1. The molecule has 2 N–H and O–H groups in total. The maximum absolute atomic E-state index is 13.1. The third-order valence-corrected chi connectivity index (χ3v) is 8.92. The van der Waals surface area contributed by atoms with Gasteiger partial charge in [-0.2, -0.15) is 0 Å². The Morgan fingerprint density at radius 1 is 1.14 bits per heavy atom. The van der Waals surface area contributed by atoms with Gasteiger partial charge in [-0.25, -0.2) is 4.79 Å². The van der Waals surface area contributed by atoms with Crippen molar-refractivity contribution in [3.05, 3.63) is 88.5 Å². The van der Waals surface area contributed by atoms with Crippen LogP contribution < -0.4 is 5.32 Å². The number of hydrogen-bond donors (Lipinski definition) is 2. The Balaban J connectivity index is 1.34. The Bertz CT molecular complexity index is 1250. The van der Waals surface area contributed by atoms with Crippen molar-refractivity contribution in [3.63, 3.8) is 0 Å². The fourth-order valence-electron chi connectivity index (χ4n) is 6.77. The fourth-order valence-corrected chi connectivity index (χ4v) is 6.77. The van der Waals surface area contributed by atoms with E-state index in [1.54, 1.807) is 23.1 Å². The molecule has 2 aromatic carbocycles. The van der Waals surface area contributed by atoms with Crippen LogP contribution in [0.2, 0.25) is 0 Å². The number of carboxylic acid groups (broad SMARTS) is 1. The molecule has 0 aromatic heterocycles. The number of carbonyl (C=O) groups is 2. The summed E-state index contributed by atoms with van der Waals surface area (Å²) in [7, 11) is 0. The van der Waals surface area contributed by atoms with Crippen molar-refractivity contribution in [2.24, 2.45) is 11.8 Å². The molecule has 1 aliphatic carbocycles. The number of aliphatic carboxylic acids is 1. The number of piperidine rings is 1. The first kappa shape index (κ1) is 33.1. The second-order valence-corrected chi connectivity index (χ2v) is 12.6. The van der Waals surface area contributed by atoms with Gasteiger partial charge in [-0.1, -0.05) is 50.3 Å². The Morgan fingerprint density at radius 3 is 2.41 bits per heavy atom. The van der Waals surface area contributed by atoms with Crippen molar-refractivity contribution in [2.45, 2.75) is 76.6 Å². The van der Waals surface area contributed by atoms with Gasteiger partial charge in [-0.05, 0) is 73.1 Å². The average Bonchev–Trinajstić information content (AvgIpc) is 3.41. The first-order chi connectivity index (χ1) is 21.1. The number of carbonyl (C=O) groups excluding carboxylic acids is 1. The lowest BCUT2D eigenvalue weighted by Gasteiger charge is -2.39. The van der Waals surface area contributed by atoms with Gasteiger partial charge in [0.25, 0.3) is 5.69 Å². The molecule has 10 nitrogen and oxygen atoms in total. The van der Waals surface area contributed by atoms with Crippen molar-refractivity contribution in [3.8, 4) is 0 Å².